The first-order valence-corrected chi connectivity index (χ1v) is 8.76. The molecule has 2 N–H and O–H groups in total. The molecule has 0 aliphatic heterocycles. The Morgan fingerprint density at radius 2 is 1.93 bits per heavy atom. The third kappa shape index (κ3) is 3.93. The summed E-state index contributed by atoms with van der Waals surface area (Å²) < 4.78 is 10.5. The molecule has 0 saturated heterocycles. The van der Waals surface area contributed by atoms with E-state index in [1.165, 1.54) is 0 Å². The van der Waals surface area contributed by atoms with Crippen molar-refractivity contribution in [2.24, 2.45) is 0 Å². The molecule has 1 amide bonds. The number of hydrogen-bond acceptors (Lipinski definition) is 6. The number of carbonyl (C=O) groups is 1. The Morgan fingerprint density at radius 1 is 1.07 bits per heavy atom. The predicted molar refractivity (Wildman–Crippen MR) is 105 cm³/mol. The number of amides is 1. The largest absolute Gasteiger partial charge is 0.461 e. The van der Waals surface area contributed by atoms with E-state index in [0.29, 0.717) is 35.3 Å². The Labute approximate surface area is 161 Å². The summed E-state index contributed by atoms with van der Waals surface area (Å²) in [5.74, 6) is 1.24. The van der Waals surface area contributed by atoms with Crippen LogP contribution in [0.5, 0.6) is 0 Å². The molecule has 2 aromatic heterocycles. The van der Waals surface area contributed by atoms with Gasteiger partial charge in [0.25, 0.3) is 5.91 Å². The summed E-state index contributed by atoms with van der Waals surface area (Å²) in [6.45, 7) is 2.33. The van der Waals surface area contributed by atoms with Crippen molar-refractivity contribution in [3.63, 3.8) is 0 Å². The maximum atomic E-state index is 12.3. The number of aromatic nitrogens is 2. The van der Waals surface area contributed by atoms with Gasteiger partial charge in [0.05, 0.1) is 12.8 Å². The maximum absolute atomic E-state index is 12.3. The number of aryl methyl sites for hydroxylation is 1. The molecule has 0 aliphatic carbocycles. The minimum Gasteiger partial charge on any atom is -0.461 e. The number of carbonyl (C=O) groups excluding carboxylic acids is 1. The van der Waals surface area contributed by atoms with Crippen LogP contribution in [-0.2, 0) is 6.54 Å². The van der Waals surface area contributed by atoms with Gasteiger partial charge >= 0.3 is 0 Å². The average Bonchev–Trinajstić information content (AvgIpc) is 3.41. The Bertz CT molecular complexity index is 1070. The van der Waals surface area contributed by atoms with Crippen LogP contribution < -0.4 is 10.6 Å². The molecule has 0 bridgehead atoms. The number of hydrogen-bond donors (Lipinski definition) is 2. The fourth-order valence-electron chi connectivity index (χ4n) is 2.69. The van der Waals surface area contributed by atoms with Crippen molar-refractivity contribution in [1.82, 2.24) is 10.1 Å². The summed E-state index contributed by atoms with van der Waals surface area (Å²) >= 11 is 0. The number of nitrogens with one attached hydrogen (secondary N) is 2. The van der Waals surface area contributed by atoms with Gasteiger partial charge < -0.3 is 19.6 Å². The molecular formula is C21H18N4O3. The second kappa shape index (κ2) is 7.79. The summed E-state index contributed by atoms with van der Waals surface area (Å²) in [7, 11) is 0. The minimum atomic E-state index is -0.157. The molecule has 2 heterocycles. The van der Waals surface area contributed by atoms with Gasteiger partial charge in [0.1, 0.15) is 0 Å². The molecule has 4 aromatic rings. The molecule has 0 aliphatic rings. The zero-order valence-electron chi connectivity index (χ0n) is 15.2. The average molecular weight is 374 g/mol. The fraction of sp³-hybridized carbons (Fsp3) is 0.0952. The van der Waals surface area contributed by atoms with E-state index in [1.807, 2.05) is 43.3 Å². The van der Waals surface area contributed by atoms with Crippen LogP contribution in [0.1, 0.15) is 21.8 Å². The molecule has 0 unspecified atom stereocenters. The van der Waals surface area contributed by atoms with Crippen LogP contribution in [0.4, 0.5) is 11.4 Å². The first-order valence-electron chi connectivity index (χ1n) is 8.76. The zero-order chi connectivity index (χ0) is 19.3. The highest BCUT2D eigenvalue weighted by Gasteiger charge is 2.11. The van der Waals surface area contributed by atoms with Crippen LogP contribution in [0.2, 0.25) is 0 Å². The fourth-order valence-corrected chi connectivity index (χ4v) is 2.69. The van der Waals surface area contributed by atoms with Crippen LogP contribution in [0.3, 0.4) is 0 Å². The van der Waals surface area contributed by atoms with E-state index in [-0.39, 0.29) is 5.91 Å². The highest BCUT2D eigenvalue weighted by molar-refractivity contribution is 6.04. The van der Waals surface area contributed by atoms with Crippen LogP contribution in [0.15, 0.2) is 75.9 Å². The highest BCUT2D eigenvalue weighted by Crippen LogP contribution is 2.22. The molecule has 28 heavy (non-hydrogen) atoms. The van der Waals surface area contributed by atoms with E-state index in [4.69, 9.17) is 8.94 Å². The van der Waals surface area contributed by atoms with Gasteiger partial charge in [-0.05, 0) is 48.9 Å². The minimum absolute atomic E-state index is 0.157. The summed E-state index contributed by atoms with van der Waals surface area (Å²) in [6.07, 6.45) is 1.56. The first-order chi connectivity index (χ1) is 13.7. The standard InChI is InChI=1S/C21H18N4O3/c1-14-9-10-16(23-21(26)15-6-3-2-4-7-15)12-17(14)22-13-19-24-20(25-28-19)18-8-5-11-27-18/h2-12,22H,13H2,1H3,(H,23,26). The van der Waals surface area contributed by atoms with Crippen molar-refractivity contribution in [3.8, 4) is 11.6 Å². The molecule has 2 aromatic carbocycles. The first kappa shape index (κ1) is 17.5. The van der Waals surface area contributed by atoms with Gasteiger partial charge in [0, 0.05) is 16.9 Å². The van der Waals surface area contributed by atoms with E-state index in [2.05, 4.69) is 20.8 Å². The van der Waals surface area contributed by atoms with Crippen molar-refractivity contribution in [3.05, 3.63) is 83.9 Å². The zero-order valence-corrected chi connectivity index (χ0v) is 15.2. The normalized spacial score (nSPS) is 10.6. The lowest BCUT2D eigenvalue weighted by molar-refractivity contribution is 0.102. The van der Waals surface area contributed by atoms with E-state index in [9.17, 15) is 4.79 Å². The molecule has 7 heteroatoms. The SMILES string of the molecule is Cc1ccc(NC(=O)c2ccccc2)cc1NCc1nc(-c2ccco2)no1. The number of furan rings is 1. The van der Waals surface area contributed by atoms with E-state index < -0.39 is 0 Å². The maximum Gasteiger partial charge on any atom is 0.255 e. The van der Waals surface area contributed by atoms with Gasteiger partial charge in [-0.25, -0.2) is 0 Å². The van der Waals surface area contributed by atoms with Gasteiger partial charge in [0.15, 0.2) is 5.76 Å². The van der Waals surface area contributed by atoms with Gasteiger partial charge in [-0.15, -0.1) is 0 Å². The molecule has 0 saturated carbocycles. The highest BCUT2D eigenvalue weighted by atomic mass is 16.5. The lowest BCUT2D eigenvalue weighted by Gasteiger charge is -2.11. The van der Waals surface area contributed by atoms with Crippen molar-refractivity contribution < 1.29 is 13.7 Å². The molecule has 7 nitrogen and oxygen atoms in total. The Morgan fingerprint density at radius 3 is 2.71 bits per heavy atom. The van der Waals surface area contributed by atoms with Crippen molar-refractivity contribution in [2.45, 2.75) is 13.5 Å². The third-order valence-corrected chi connectivity index (χ3v) is 4.17. The second-order valence-corrected chi connectivity index (χ2v) is 6.19. The molecule has 140 valence electrons. The topological polar surface area (TPSA) is 93.2 Å². The number of nitrogens with zero attached hydrogens (tertiary/aromatic N) is 2. The van der Waals surface area contributed by atoms with Gasteiger partial charge in [-0.1, -0.05) is 29.4 Å². The van der Waals surface area contributed by atoms with Gasteiger partial charge in [-0.2, -0.15) is 4.98 Å². The van der Waals surface area contributed by atoms with Crippen molar-refractivity contribution in [1.29, 1.82) is 0 Å². The molecule has 0 fully saturated rings. The second-order valence-electron chi connectivity index (χ2n) is 6.19. The number of anilines is 2. The van der Waals surface area contributed by atoms with Crippen LogP contribution in [-0.4, -0.2) is 16.0 Å². The monoisotopic (exact) mass is 374 g/mol. The Kier molecular flexibility index (Phi) is 4.88. The van der Waals surface area contributed by atoms with Crippen molar-refractivity contribution in [2.75, 3.05) is 10.6 Å². The van der Waals surface area contributed by atoms with Crippen molar-refractivity contribution >= 4 is 17.3 Å². The Hall–Kier alpha value is -3.87. The Balaban J connectivity index is 1.43. The quantitative estimate of drug-likeness (QED) is 0.516. The molecule has 0 atom stereocenters. The summed E-state index contributed by atoms with van der Waals surface area (Å²) in [4.78, 5) is 16.6. The molecule has 0 radical (unpaired) electrons. The number of rotatable bonds is 6. The smallest absolute Gasteiger partial charge is 0.255 e. The van der Waals surface area contributed by atoms with E-state index >= 15 is 0 Å². The van der Waals surface area contributed by atoms with E-state index in [1.54, 1.807) is 30.5 Å². The van der Waals surface area contributed by atoms with Crippen LogP contribution >= 0.6 is 0 Å². The third-order valence-electron chi connectivity index (χ3n) is 4.17. The van der Waals surface area contributed by atoms with E-state index in [0.717, 1.165) is 11.3 Å². The van der Waals surface area contributed by atoms with Crippen LogP contribution in [0, 0.1) is 6.92 Å². The number of benzene rings is 2. The lowest BCUT2D eigenvalue weighted by Crippen LogP contribution is -2.12. The van der Waals surface area contributed by atoms with Gasteiger partial charge in [-0.3, -0.25) is 4.79 Å². The lowest BCUT2D eigenvalue weighted by atomic mass is 10.1. The predicted octanol–water partition coefficient (Wildman–Crippen LogP) is 4.50. The molecule has 4 rings (SSSR count). The molecule has 0 spiro atoms. The summed E-state index contributed by atoms with van der Waals surface area (Å²) in [6, 6.07) is 18.3. The van der Waals surface area contributed by atoms with Gasteiger partial charge in [0.2, 0.25) is 11.7 Å². The summed E-state index contributed by atoms with van der Waals surface area (Å²) in [5.41, 5.74) is 3.20. The van der Waals surface area contributed by atoms with Crippen LogP contribution in [0.25, 0.3) is 11.6 Å². The summed E-state index contributed by atoms with van der Waals surface area (Å²) in [5, 5.41) is 10.1. The molecular weight excluding hydrogens is 356 g/mol.